The Balaban J connectivity index is 1.75. The van der Waals surface area contributed by atoms with Crippen molar-refractivity contribution < 1.29 is 18.7 Å². The van der Waals surface area contributed by atoms with Gasteiger partial charge < -0.3 is 14.4 Å². The minimum atomic E-state index is -1.21. The van der Waals surface area contributed by atoms with Gasteiger partial charge >= 0.3 is 6.09 Å². The molecule has 0 aliphatic carbocycles. The SMILES string of the molecule is COc1cc2nn([C@H]3CCN(C(=O)OC(C)(C)C)C[C@@H]3F)cc2cc1Br. The number of hydrogen-bond acceptors (Lipinski definition) is 4. The van der Waals surface area contributed by atoms with Crippen LogP contribution in [0.5, 0.6) is 5.75 Å². The Hall–Kier alpha value is -1.83. The Labute approximate surface area is 160 Å². The van der Waals surface area contributed by atoms with E-state index in [0.717, 1.165) is 15.4 Å². The molecule has 8 heteroatoms. The quantitative estimate of drug-likeness (QED) is 0.715. The van der Waals surface area contributed by atoms with Gasteiger partial charge in [-0.1, -0.05) is 0 Å². The largest absolute Gasteiger partial charge is 0.495 e. The van der Waals surface area contributed by atoms with E-state index in [2.05, 4.69) is 21.0 Å². The number of piperidine rings is 1. The number of rotatable bonds is 2. The molecule has 6 nitrogen and oxygen atoms in total. The van der Waals surface area contributed by atoms with E-state index in [1.807, 2.05) is 18.3 Å². The molecule has 1 aromatic carbocycles. The second kappa shape index (κ2) is 7.06. The zero-order chi connectivity index (χ0) is 19.1. The van der Waals surface area contributed by atoms with Gasteiger partial charge in [0.05, 0.1) is 29.7 Å². The van der Waals surface area contributed by atoms with Crippen LogP contribution in [0.4, 0.5) is 9.18 Å². The maximum atomic E-state index is 14.8. The third-order valence-corrected chi connectivity index (χ3v) is 4.91. The molecule has 0 unspecified atom stereocenters. The van der Waals surface area contributed by atoms with Crippen LogP contribution in [-0.4, -0.2) is 52.7 Å². The van der Waals surface area contributed by atoms with Crippen molar-refractivity contribution in [3.05, 3.63) is 22.8 Å². The van der Waals surface area contributed by atoms with Crippen molar-refractivity contribution >= 4 is 32.9 Å². The normalized spacial score (nSPS) is 21.1. The van der Waals surface area contributed by atoms with Gasteiger partial charge in [0, 0.05) is 24.2 Å². The molecule has 0 radical (unpaired) electrons. The number of amides is 1. The highest BCUT2D eigenvalue weighted by molar-refractivity contribution is 9.10. The van der Waals surface area contributed by atoms with Gasteiger partial charge in [-0.2, -0.15) is 5.10 Å². The smallest absolute Gasteiger partial charge is 0.410 e. The number of hydrogen-bond donors (Lipinski definition) is 0. The lowest BCUT2D eigenvalue weighted by molar-refractivity contribution is 0.00581. The fourth-order valence-corrected chi connectivity index (χ4v) is 3.58. The highest BCUT2D eigenvalue weighted by Crippen LogP contribution is 2.32. The maximum Gasteiger partial charge on any atom is 0.410 e. The van der Waals surface area contributed by atoms with Crippen LogP contribution < -0.4 is 4.74 Å². The fraction of sp³-hybridized carbons (Fsp3) is 0.556. The summed E-state index contributed by atoms with van der Waals surface area (Å²) in [6.45, 7) is 5.83. The van der Waals surface area contributed by atoms with Gasteiger partial charge in [0.15, 0.2) is 0 Å². The second-order valence-corrected chi connectivity index (χ2v) is 8.31. The Morgan fingerprint density at radius 2 is 2.12 bits per heavy atom. The predicted octanol–water partition coefficient (Wildman–Crippen LogP) is 4.33. The Morgan fingerprint density at radius 3 is 2.73 bits per heavy atom. The van der Waals surface area contributed by atoms with Gasteiger partial charge in [-0.15, -0.1) is 0 Å². The number of aromatic nitrogens is 2. The predicted molar refractivity (Wildman–Crippen MR) is 100 cm³/mol. The van der Waals surface area contributed by atoms with Crippen molar-refractivity contribution in [3.63, 3.8) is 0 Å². The van der Waals surface area contributed by atoms with Crippen LogP contribution in [0, 0.1) is 0 Å². The molecule has 0 bridgehead atoms. The lowest BCUT2D eigenvalue weighted by atomic mass is 10.0. The summed E-state index contributed by atoms with van der Waals surface area (Å²) in [7, 11) is 1.59. The highest BCUT2D eigenvalue weighted by atomic mass is 79.9. The average molecular weight is 428 g/mol. The first-order chi connectivity index (χ1) is 12.2. The van der Waals surface area contributed by atoms with Gasteiger partial charge in [-0.3, -0.25) is 4.68 Å². The first-order valence-corrected chi connectivity index (χ1v) is 9.31. The number of carbonyl (C=O) groups is 1. The summed E-state index contributed by atoms with van der Waals surface area (Å²) in [4.78, 5) is 13.6. The van der Waals surface area contributed by atoms with Crippen LogP contribution in [0.15, 0.2) is 22.8 Å². The molecule has 0 saturated carbocycles. The molecule has 0 spiro atoms. The average Bonchev–Trinajstić information content (AvgIpc) is 2.94. The van der Waals surface area contributed by atoms with E-state index in [1.165, 1.54) is 4.90 Å². The maximum absolute atomic E-state index is 14.8. The molecule has 1 amide bonds. The molecule has 1 aromatic heterocycles. The third kappa shape index (κ3) is 3.95. The number of alkyl halides is 1. The molecule has 26 heavy (non-hydrogen) atoms. The Kier molecular flexibility index (Phi) is 5.14. The number of nitrogens with zero attached hydrogens (tertiary/aromatic N) is 3. The molecule has 0 N–H and O–H groups in total. The van der Waals surface area contributed by atoms with E-state index in [1.54, 1.807) is 32.6 Å². The Bertz CT molecular complexity index is 818. The molecule has 1 aliphatic rings. The molecule has 2 aromatic rings. The number of ether oxygens (including phenoxy) is 2. The van der Waals surface area contributed by atoms with Crippen LogP contribution >= 0.6 is 15.9 Å². The number of halogens is 2. The van der Waals surface area contributed by atoms with Crippen LogP contribution in [0.2, 0.25) is 0 Å². The number of benzene rings is 1. The molecule has 1 saturated heterocycles. The molecule has 2 atom stereocenters. The monoisotopic (exact) mass is 427 g/mol. The van der Waals surface area contributed by atoms with Crippen molar-refractivity contribution in [2.24, 2.45) is 0 Å². The summed E-state index contributed by atoms with van der Waals surface area (Å²) < 4.78 is 27.9. The van der Waals surface area contributed by atoms with Crippen molar-refractivity contribution in [2.75, 3.05) is 20.2 Å². The zero-order valence-corrected chi connectivity index (χ0v) is 16.9. The number of fused-ring (bicyclic) bond motifs is 1. The molecule has 1 aliphatic heterocycles. The minimum absolute atomic E-state index is 0.00278. The first-order valence-electron chi connectivity index (χ1n) is 8.52. The fourth-order valence-electron chi connectivity index (χ4n) is 3.05. The summed E-state index contributed by atoms with van der Waals surface area (Å²) in [5.41, 5.74) is 0.151. The third-order valence-electron chi connectivity index (χ3n) is 4.29. The summed E-state index contributed by atoms with van der Waals surface area (Å²) in [5, 5.41) is 5.41. The number of carbonyl (C=O) groups excluding carboxylic acids is 1. The van der Waals surface area contributed by atoms with Crippen molar-refractivity contribution in [1.82, 2.24) is 14.7 Å². The first kappa shape index (κ1) is 18.9. The van der Waals surface area contributed by atoms with E-state index in [0.29, 0.717) is 18.7 Å². The molecule has 142 valence electrons. The molecule has 3 rings (SSSR count). The topological polar surface area (TPSA) is 56.6 Å². The van der Waals surface area contributed by atoms with E-state index < -0.39 is 23.9 Å². The lowest BCUT2D eigenvalue weighted by Gasteiger charge is -2.35. The summed E-state index contributed by atoms with van der Waals surface area (Å²) in [6.07, 6.45) is 0.626. The van der Waals surface area contributed by atoms with E-state index >= 15 is 0 Å². The van der Waals surface area contributed by atoms with Gasteiger partial charge in [-0.05, 0) is 49.2 Å². The van der Waals surface area contributed by atoms with Crippen LogP contribution in [0.25, 0.3) is 10.9 Å². The second-order valence-electron chi connectivity index (χ2n) is 7.45. The standard InChI is InChI=1S/C18H23BrFN3O3/c1-18(2,3)26-17(24)22-6-5-15(13(20)10-22)23-9-11-7-12(19)16(25-4)8-14(11)21-23/h7-9,13,15H,5-6,10H2,1-4H3/t13-,15-/m0/s1. The van der Waals surface area contributed by atoms with Gasteiger partial charge in [0.2, 0.25) is 0 Å². The highest BCUT2D eigenvalue weighted by Gasteiger charge is 2.35. The van der Waals surface area contributed by atoms with E-state index in [-0.39, 0.29) is 6.54 Å². The van der Waals surface area contributed by atoms with Crippen molar-refractivity contribution in [3.8, 4) is 5.75 Å². The van der Waals surface area contributed by atoms with E-state index in [9.17, 15) is 9.18 Å². The molecular weight excluding hydrogens is 405 g/mol. The number of methoxy groups -OCH3 is 1. The number of likely N-dealkylation sites (tertiary alicyclic amines) is 1. The van der Waals surface area contributed by atoms with Crippen LogP contribution in [0.1, 0.15) is 33.2 Å². The van der Waals surface area contributed by atoms with Gasteiger partial charge in [-0.25, -0.2) is 9.18 Å². The zero-order valence-electron chi connectivity index (χ0n) is 15.3. The summed E-state index contributed by atoms with van der Waals surface area (Å²) in [6, 6.07) is 3.31. The van der Waals surface area contributed by atoms with Crippen molar-refractivity contribution in [2.45, 2.75) is 45.0 Å². The Morgan fingerprint density at radius 1 is 1.38 bits per heavy atom. The molecule has 2 heterocycles. The molecular formula is C18H23BrFN3O3. The van der Waals surface area contributed by atoms with Gasteiger partial charge in [0.25, 0.3) is 0 Å². The molecule has 1 fully saturated rings. The minimum Gasteiger partial charge on any atom is -0.495 e. The summed E-state index contributed by atoms with van der Waals surface area (Å²) in [5.74, 6) is 0.680. The van der Waals surface area contributed by atoms with Crippen LogP contribution in [-0.2, 0) is 4.74 Å². The summed E-state index contributed by atoms with van der Waals surface area (Å²) >= 11 is 3.45. The lowest BCUT2D eigenvalue weighted by Crippen LogP contribution is -2.47. The van der Waals surface area contributed by atoms with Crippen LogP contribution in [0.3, 0.4) is 0 Å². The van der Waals surface area contributed by atoms with Crippen molar-refractivity contribution in [1.29, 1.82) is 0 Å². The van der Waals surface area contributed by atoms with E-state index in [4.69, 9.17) is 9.47 Å². The van der Waals surface area contributed by atoms with Gasteiger partial charge in [0.1, 0.15) is 17.5 Å².